The second-order valence-electron chi connectivity index (χ2n) is 12.8. The molecule has 1 nitrogen and oxygen atoms in total. The maximum Gasteiger partial charge on any atom is 0.135 e. The average Bonchev–Trinajstić information content (AvgIpc) is 3.73. The molecule has 0 unspecified atom stereocenters. The van der Waals surface area contributed by atoms with Crippen molar-refractivity contribution in [3.63, 3.8) is 0 Å². The molecule has 11 rings (SSSR count). The van der Waals surface area contributed by atoms with Gasteiger partial charge >= 0.3 is 0 Å². The van der Waals surface area contributed by atoms with Crippen molar-refractivity contribution >= 4 is 43.5 Å². The molecular formula is C45H26O. The second kappa shape index (κ2) is 8.62. The van der Waals surface area contributed by atoms with E-state index in [2.05, 4.69) is 158 Å². The number of benzene rings is 8. The molecule has 8 aromatic carbocycles. The van der Waals surface area contributed by atoms with E-state index in [9.17, 15) is 0 Å². The third-order valence-electron chi connectivity index (χ3n) is 10.7. The summed E-state index contributed by atoms with van der Waals surface area (Å²) in [6.45, 7) is 0. The third-order valence-corrected chi connectivity index (χ3v) is 10.7. The van der Waals surface area contributed by atoms with Crippen LogP contribution in [0.25, 0.3) is 76.9 Å². The van der Waals surface area contributed by atoms with E-state index in [1.165, 1.54) is 77.2 Å². The molecule has 46 heavy (non-hydrogen) atoms. The van der Waals surface area contributed by atoms with Crippen LogP contribution in [0.5, 0.6) is 0 Å². The van der Waals surface area contributed by atoms with E-state index in [-0.39, 0.29) is 5.41 Å². The van der Waals surface area contributed by atoms with Crippen LogP contribution in [-0.4, -0.2) is 0 Å². The van der Waals surface area contributed by atoms with Crippen molar-refractivity contribution in [1.29, 1.82) is 0 Å². The summed E-state index contributed by atoms with van der Waals surface area (Å²) in [6, 6.07) is 58.1. The molecule has 0 atom stereocenters. The quantitative estimate of drug-likeness (QED) is 0.176. The summed E-state index contributed by atoms with van der Waals surface area (Å²) >= 11 is 0. The Bertz CT molecular complexity index is 2710. The summed E-state index contributed by atoms with van der Waals surface area (Å²) in [4.78, 5) is 0. The van der Waals surface area contributed by atoms with Crippen LogP contribution in [0.4, 0.5) is 0 Å². The fraction of sp³-hybridized carbons (Fsp3) is 0.0222. The second-order valence-corrected chi connectivity index (χ2v) is 12.8. The van der Waals surface area contributed by atoms with Gasteiger partial charge in [0.2, 0.25) is 0 Å². The van der Waals surface area contributed by atoms with Gasteiger partial charge in [-0.1, -0.05) is 127 Å². The highest BCUT2D eigenvalue weighted by molar-refractivity contribution is 6.15. The number of fused-ring (bicyclic) bond motifs is 16. The summed E-state index contributed by atoms with van der Waals surface area (Å²) in [5, 5.41) is 7.40. The molecule has 0 saturated heterocycles. The first-order chi connectivity index (χ1) is 22.8. The molecule has 0 fully saturated rings. The predicted molar refractivity (Wildman–Crippen MR) is 190 cm³/mol. The van der Waals surface area contributed by atoms with E-state index in [0.29, 0.717) is 0 Å². The van der Waals surface area contributed by atoms with Crippen LogP contribution in [-0.2, 0) is 5.41 Å². The van der Waals surface area contributed by atoms with Gasteiger partial charge in [0.1, 0.15) is 11.2 Å². The fourth-order valence-electron chi connectivity index (χ4n) is 8.82. The Morgan fingerprint density at radius 2 is 0.891 bits per heavy atom. The van der Waals surface area contributed by atoms with Crippen LogP contribution in [0.3, 0.4) is 0 Å². The average molecular weight is 583 g/mol. The zero-order chi connectivity index (χ0) is 30.0. The molecular weight excluding hydrogens is 556 g/mol. The van der Waals surface area contributed by atoms with Gasteiger partial charge in [-0.25, -0.2) is 0 Å². The van der Waals surface area contributed by atoms with E-state index in [0.717, 1.165) is 21.9 Å². The number of rotatable bonds is 1. The summed E-state index contributed by atoms with van der Waals surface area (Å²) in [7, 11) is 0. The molecule has 1 heteroatoms. The van der Waals surface area contributed by atoms with E-state index in [1.54, 1.807) is 0 Å². The molecule has 0 N–H and O–H groups in total. The lowest BCUT2D eigenvalue weighted by Gasteiger charge is -2.30. The van der Waals surface area contributed by atoms with Gasteiger partial charge in [0.05, 0.1) is 5.41 Å². The topological polar surface area (TPSA) is 13.1 Å². The predicted octanol–water partition coefficient (Wildman–Crippen LogP) is 11.9. The lowest BCUT2D eigenvalue weighted by atomic mass is 9.70. The third kappa shape index (κ3) is 2.91. The first-order valence-electron chi connectivity index (χ1n) is 16.0. The maximum absolute atomic E-state index is 6.70. The number of furan rings is 1. The first-order valence-corrected chi connectivity index (χ1v) is 16.0. The van der Waals surface area contributed by atoms with Crippen LogP contribution in [0, 0.1) is 0 Å². The molecule has 1 spiro atoms. The van der Waals surface area contributed by atoms with Gasteiger partial charge in [-0.05, 0) is 108 Å². The summed E-state index contributed by atoms with van der Waals surface area (Å²) in [5.74, 6) is 0. The molecule has 0 bridgehead atoms. The van der Waals surface area contributed by atoms with Gasteiger partial charge in [0.15, 0.2) is 0 Å². The monoisotopic (exact) mass is 582 g/mol. The molecule has 1 heterocycles. The van der Waals surface area contributed by atoms with Crippen molar-refractivity contribution in [3.8, 4) is 33.4 Å². The summed E-state index contributed by atoms with van der Waals surface area (Å²) < 4.78 is 6.70. The van der Waals surface area contributed by atoms with Crippen molar-refractivity contribution in [3.05, 3.63) is 180 Å². The highest BCUT2D eigenvalue weighted by Crippen LogP contribution is 2.63. The van der Waals surface area contributed by atoms with Gasteiger partial charge in [-0.3, -0.25) is 0 Å². The molecule has 0 saturated carbocycles. The van der Waals surface area contributed by atoms with E-state index >= 15 is 0 Å². The van der Waals surface area contributed by atoms with Gasteiger partial charge in [-0.15, -0.1) is 0 Å². The Morgan fingerprint density at radius 3 is 1.61 bits per heavy atom. The molecule has 9 aromatic rings. The molecule has 1 aromatic heterocycles. The minimum Gasteiger partial charge on any atom is -0.456 e. The van der Waals surface area contributed by atoms with Crippen LogP contribution in [0.15, 0.2) is 162 Å². The SMILES string of the molecule is c1ccc2c(c1)-c1ccccc1C21c2ccccc2-c2cc3c(cc21)oc1ccc(-c2cc4ccccc4c4ccccc24)cc13. The Labute approximate surface area is 266 Å². The normalized spacial score (nSPS) is 13.8. The molecule has 0 aliphatic heterocycles. The highest BCUT2D eigenvalue weighted by atomic mass is 16.3. The van der Waals surface area contributed by atoms with Gasteiger partial charge in [0, 0.05) is 10.8 Å². The lowest BCUT2D eigenvalue weighted by Crippen LogP contribution is -2.25. The zero-order valence-corrected chi connectivity index (χ0v) is 24.9. The Balaban J connectivity index is 1.20. The van der Waals surface area contributed by atoms with Crippen LogP contribution < -0.4 is 0 Å². The first kappa shape index (κ1) is 24.4. The Kier molecular flexibility index (Phi) is 4.57. The number of hydrogen-bond acceptors (Lipinski definition) is 1. The maximum atomic E-state index is 6.70. The van der Waals surface area contributed by atoms with Gasteiger partial charge in [-0.2, -0.15) is 0 Å². The number of hydrogen-bond donors (Lipinski definition) is 0. The van der Waals surface area contributed by atoms with Crippen molar-refractivity contribution in [2.24, 2.45) is 0 Å². The van der Waals surface area contributed by atoms with E-state index < -0.39 is 0 Å². The Hall–Kier alpha value is -5.92. The largest absolute Gasteiger partial charge is 0.456 e. The van der Waals surface area contributed by atoms with Crippen molar-refractivity contribution in [1.82, 2.24) is 0 Å². The molecule has 2 aliphatic rings. The summed E-state index contributed by atoms with van der Waals surface area (Å²) in [6.07, 6.45) is 0. The molecule has 2 aliphatic carbocycles. The minimum atomic E-state index is -0.374. The van der Waals surface area contributed by atoms with Crippen LogP contribution >= 0.6 is 0 Å². The lowest BCUT2D eigenvalue weighted by molar-refractivity contribution is 0.666. The summed E-state index contributed by atoms with van der Waals surface area (Å²) in [5.41, 5.74) is 14.5. The standard InChI is InChI=1S/C45H26O/c1-2-12-29-27(11-1)23-35(31-14-4-3-13-30(29)31)28-21-22-43-37(24-28)38-25-36-34-17-7-10-20-41(34)45(42(36)26-44(38)46-43)39-18-8-5-15-32(39)33-16-6-9-19-40(33)45/h1-26H. The zero-order valence-electron chi connectivity index (χ0n) is 24.9. The van der Waals surface area contributed by atoms with Crippen molar-refractivity contribution < 1.29 is 4.42 Å². The van der Waals surface area contributed by atoms with E-state index in [4.69, 9.17) is 4.42 Å². The Morgan fingerprint density at radius 1 is 0.326 bits per heavy atom. The molecule has 212 valence electrons. The highest BCUT2D eigenvalue weighted by Gasteiger charge is 2.51. The smallest absolute Gasteiger partial charge is 0.135 e. The van der Waals surface area contributed by atoms with E-state index in [1.807, 2.05) is 0 Å². The molecule has 0 radical (unpaired) electrons. The fourth-order valence-corrected chi connectivity index (χ4v) is 8.82. The van der Waals surface area contributed by atoms with Crippen LogP contribution in [0.1, 0.15) is 22.3 Å². The minimum absolute atomic E-state index is 0.374. The van der Waals surface area contributed by atoms with Crippen molar-refractivity contribution in [2.75, 3.05) is 0 Å². The van der Waals surface area contributed by atoms with Crippen LogP contribution in [0.2, 0.25) is 0 Å². The van der Waals surface area contributed by atoms with Gasteiger partial charge in [0.25, 0.3) is 0 Å². The molecule has 0 amide bonds. The van der Waals surface area contributed by atoms with Crippen molar-refractivity contribution in [2.45, 2.75) is 5.41 Å². The van der Waals surface area contributed by atoms with Gasteiger partial charge < -0.3 is 4.42 Å².